The molecule has 0 radical (unpaired) electrons. The van der Waals surface area contributed by atoms with Crippen molar-refractivity contribution in [2.75, 3.05) is 6.54 Å². The molecule has 0 unspecified atom stereocenters. The maximum Gasteiger partial charge on any atom is 0.267 e. The summed E-state index contributed by atoms with van der Waals surface area (Å²) in [5, 5.41) is 0. The van der Waals surface area contributed by atoms with Gasteiger partial charge in [-0.25, -0.2) is 12.7 Å². The number of sulfonamides is 1. The maximum atomic E-state index is 13.7. The second kappa shape index (κ2) is 7.60. The number of carbonyl (C=O) groups is 2. The van der Waals surface area contributed by atoms with Crippen LogP contribution < -0.4 is 0 Å². The summed E-state index contributed by atoms with van der Waals surface area (Å²) < 4.78 is 28.0. The van der Waals surface area contributed by atoms with Crippen molar-refractivity contribution < 1.29 is 18.0 Å². The lowest BCUT2D eigenvalue weighted by Crippen LogP contribution is -2.75. The van der Waals surface area contributed by atoms with Crippen molar-refractivity contribution in [2.45, 2.75) is 29.3 Å². The fourth-order valence-corrected chi connectivity index (χ4v) is 6.60. The van der Waals surface area contributed by atoms with Gasteiger partial charge in [0.2, 0.25) is 0 Å². The Balaban J connectivity index is 1.63. The van der Waals surface area contributed by atoms with Crippen molar-refractivity contribution in [1.82, 2.24) is 9.21 Å². The van der Waals surface area contributed by atoms with Crippen LogP contribution in [-0.2, 0) is 14.8 Å². The van der Waals surface area contributed by atoms with Crippen molar-refractivity contribution >= 4 is 21.8 Å². The number of β-lactam (4-membered cyclic amide) rings is 1. The minimum absolute atomic E-state index is 0.0584. The zero-order valence-electron chi connectivity index (χ0n) is 17.3. The summed E-state index contributed by atoms with van der Waals surface area (Å²) in [5.41, 5.74) is -0.0343. The van der Waals surface area contributed by atoms with E-state index in [1.165, 1.54) is 12.1 Å². The number of rotatable bonds is 4. The van der Waals surface area contributed by atoms with Crippen LogP contribution in [0, 0.1) is 0 Å². The lowest BCUT2D eigenvalue weighted by Gasteiger charge is -2.56. The highest BCUT2D eigenvalue weighted by atomic mass is 32.2. The molecule has 2 fully saturated rings. The van der Waals surface area contributed by atoms with Gasteiger partial charge < -0.3 is 4.90 Å². The normalized spacial score (nSPS) is 22.8. The highest BCUT2D eigenvalue weighted by Gasteiger charge is 2.70. The van der Waals surface area contributed by atoms with Gasteiger partial charge in [-0.2, -0.15) is 0 Å². The molecule has 2 amide bonds. The first kappa shape index (κ1) is 20.5. The topological polar surface area (TPSA) is 74.8 Å². The van der Waals surface area contributed by atoms with Crippen molar-refractivity contribution in [3.8, 4) is 0 Å². The number of hydrogen-bond acceptors (Lipinski definition) is 4. The molecule has 0 saturated carbocycles. The molecule has 3 aromatic rings. The van der Waals surface area contributed by atoms with Gasteiger partial charge in [-0.15, -0.1) is 0 Å². The van der Waals surface area contributed by atoms with Crippen LogP contribution in [0.2, 0.25) is 0 Å². The van der Waals surface area contributed by atoms with Gasteiger partial charge in [-0.1, -0.05) is 66.7 Å². The molecule has 162 valence electrons. The first-order chi connectivity index (χ1) is 15.5. The molecule has 0 N–H and O–H groups in total. The fraction of sp³-hybridized carbons (Fsp3) is 0.200. The van der Waals surface area contributed by atoms with E-state index in [9.17, 15) is 18.0 Å². The van der Waals surface area contributed by atoms with Gasteiger partial charge >= 0.3 is 0 Å². The Hall–Kier alpha value is -3.45. The Morgan fingerprint density at radius 2 is 1.41 bits per heavy atom. The molecule has 3 aromatic carbocycles. The van der Waals surface area contributed by atoms with Crippen molar-refractivity contribution in [3.63, 3.8) is 0 Å². The molecule has 2 heterocycles. The summed E-state index contributed by atoms with van der Waals surface area (Å²) in [6.07, 6.45) is 1.05. The van der Waals surface area contributed by atoms with Gasteiger partial charge in [0.15, 0.2) is 0 Å². The molecule has 0 aromatic heterocycles. The van der Waals surface area contributed by atoms with Gasteiger partial charge in [0.05, 0.1) is 4.90 Å². The molecular weight excluding hydrogens is 424 g/mol. The lowest BCUT2D eigenvalue weighted by molar-refractivity contribution is -0.159. The fourth-order valence-electron chi connectivity index (χ4n) is 4.92. The van der Waals surface area contributed by atoms with E-state index in [4.69, 9.17) is 0 Å². The molecular formula is C25H22N2O4S. The quantitative estimate of drug-likeness (QED) is 0.574. The molecule has 2 aliphatic rings. The van der Waals surface area contributed by atoms with E-state index in [1.54, 1.807) is 47.4 Å². The van der Waals surface area contributed by atoms with Gasteiger partial charge in [-0.05, 0) is 42.7 Å². The van der Waals surface area contributed by atoms with E-state index >= 15 is 0 Å². The summed E-state index contributed by atoms with van der Waals surface area (Å²) in [6, 6.07) is 25.1. The number of nitrogens with zero attached hydrogens (tertiary/aromatic N) is 2. The van der Waals surface area contributed by atoms with Crippen LogP contribution in [0.5, 0.6) is 0 Å². The Morgan fingerprint density at radius 1 is 0.844 bits per heavy atom. The minimum atomic E-state index is -4.08. The summed E-state index contributed by atoms with van der Waals surface area (Å²) in [7, 11) is -4.08. The highest BCUT2D eigenvalue weighted by molar-refractivity contribution is 7.89. The number of benzene rings is 3. The molecule has 2 saturated heterocycles. The van der Waals surface area contributed by atoms with E-state index in [0.717, 1.165) is 4.31 Å². The summed E-state index contributed by atoms with van der Waals surface area (Å²) >= 11 is 0. The third-order valence-corrected chi connectivity index (χ3v) is 8.12. The zero-order chi connectivity index (χ0) is 22.3. The Kier molecular flexibility index (Phi) is 4.86. The summed E-state index contributed by atoms with van der Waals surface area (Å²) in [4.78, 5) is 28.7. The smallest absolute Gasteiger partial charge is 0.267 e. The average molecular weight is 447 g/mol. The molecule has 7 heteroatoms. The minimum Gasteiger partial charge on any atom is -0.321 e. The van der Waals surface area contributed by atoms with Crippen LogP contribution in [0.3, 0.4) is 0 Å². The van der Waals surface area contributed by atoms with E-state index in [-0.39, 0.29) is 10.8 Å². The van der Waals surface area contributed by atoms with E-state index in [1.807, 2.05) is 36.4 Å². The molecule has 32 heavy (non-hydrogen) atoms. The first-order valence-electron chi connectivity index (χ1n) is 10.5. The Labute approximate surface area is 187 Å². The van der Waals surface area contributed by atoms with Crippen molar-refractivity contribution in [3.05, 3.63) is 102 Å². The van der Waals surface area contributed by atoms with Crippen molar-refractivity contribution in [2.24, 2.45) is 0 Å². The van der Waals surface area contributed by atoms with Crippen LogP contribution in [-0.4, -0.2) is 41.5 Å². The van der Waals surface area contributed by atoms with E-state index < -0.39 is 27.5 Å². The number of hydrogen-bond donors (Lipinski definition) is 0. The van der Waals surface area contributed by atoms with E-state index in [0.29, 0.717) is 30.5 Å². The molecule has 0 aliphatic carbocycles. The zero-order valence-corrected chi connectivity index (χ0v) is 18.1. The molecule has 0 bridgehead atoms. The number of amides is 2. The molecule has 1 spiro atoms. The largest absolute Gasteiger partial charge is 0.321 e. The Morgan fingerprint density at radius 3 is 2.03 bits per heavy atom. The third-order valence-electron chi connectivity index (χ3n) is 6.36. The SMILES string of the molecule is O=C(c1ccccc1)N1CCC[C@@]12C(=O)N(S(=O)(=O)c1ccccc1)[C@@H]2c1ccccc1. The molecule has 6 nitrogen and oxygen atoms in total. The van der Waals surface area contributed by atoms with Crippen LogP contribution in [0.1, 0.15) is 34.8 Å². The van der Waals surface area contributed by atoms with Crippen LogP contribution in [0.4, 0.5) is 0 Å². The molecule has 2 aliphatic heterocycles. The van der Waals surface area contributed by atoms with E-state index in [2.05, 4.69) is 0 Å². The summed E-state index contributed by atoms with van der Waals surface area (Å²) in [5.74, 6) is -0.800. The Bertz CT molecular complexity index is 1260. The van der Waals surface area contributed by atoms with Crippen LogP contribution in [0.15, 0.2) is 95.9 Å². The van der Waals surface area contributed by atoms with Crippen LogP contribution in [0.25, 0.3) is 0 Å². The van der Waals surface area contributed by atoms with Crippen LogP contribution >= 0.6 is 0 Å². The first-order valence-corrected chi connectivity index (χ1v) is 12.0. The monoisotopic (exact) mass is 446 g/mol. The van der Waals surface area contributed by atoms with Gasteiger partial charge in [0, 0.05) is 12.1 Å². The summed E-state index contributed by atoms with van der Waals surface area (Å²) in [6.45, 7) is 0.405. The molecule has 5 rings (SSSR count). The standard InChI is InChI=1S/C25H22N2O4S/c28-23(20-13-6-2-7-14-20)26-18-10-17-25(26)22(19-11-4-1-5-12-19)27(24(25)29)32(30,31)21-15-8-3-9-16-21/h1-9,11-16,22H,10,17-18H2/t22-,25-/m1/s1. The lowest BCUT2D eigenvalue weighted by atomic mass is 9.75. The predicted molar refractivity (Wildman–Crippen MR) is 119 cm³/mol. The van der Waals surface area contributed by atoms with Crippen molar-refractivity contribution in [1.29, 1.82) is 0 Å². The van der Waals surface area contributed by atoms with Gasteiger partial charge in [0.1, 0.15) is 11.6 Å². The number of carbonyl (C=O) groups excluding carboxylic acids is 2. The second-order valence-corrected chi connectivity index (χ2v) is 9.90. The second-order valence-electron chi connectivity index (χ2n) is 8.08. The highest BCUT2D eigenvalue weighted by Crippen LogP contribution is 2.55. The average Bonchev–Trinajstić information content (AvgIpc) is 3.31. The number of likely N-dealkylation sites (tertiary alicyclic amines) is 1. The predicted octanol–water partition coefficient (Wildman–Crippen LogP) is 3.63. The van der Waals surface area contributed by atoms with Gasteiger partial charge in [0.25, 0.3) is 21.8 Å². The van der Waals surface area contributed by atoms with Gasteiger partial charge in [-0.3, -0.25) is 9.59 Å². The molecule has 2 atom stereocenters. The third kappa shape index (κ3) is 2.88. The maximum absolute atomic E-state index is 13.7.